The standard InChI is InChI=1S/C23H31N3O3S/c1-16-21(23(27)26-14-7-4-8-15-26)22(17(2)25(16)3)30(28,29)24-20-13-9-11-18-10-5-6-12-19(18)20/h9,11,13,24H,4-8,10,12,14-15H2,1-3H3. The van der Waals surface area contributed by atoms with Crippen LogP contribution in [0.1, 0.15) is 65.0 Å². The molecule has 1 aliphatic carbocycles. The number of carbonyl (C=O) groups is 1. The van der Waals surface area contributed by atoms with Crippen LogP contribution in [0.15, 0.2) is 23.1 Å². The zero-order chi connectivity index (χ0) is 21.5. The van der Waals surface area contributed by atoms with Crippen molar-refractivity contribution in [2.75, 3.05) is 17.8 Å². The second kappa shape index (κ2) is 8.10. The first-order valence-corrected chi connectivity index (χ1v) is 12.4. The molecule has 7 heteroatoms. The molecule has 1 fully saturated rings. The van der Waals surface area contributed by atoms with E-state index in [1.807, 2.05) is 30.7 Å². The minimum absolute atomic E-state index is 0.117. The molecule has 1 aliphatic heterocycles. The highest BCUT2D eigenvalue weighted by atomic mass is 32.2. The third-order valence-electron chi connectivity index (χ3n) is 6.69. The Morgan fingerprint density at radius 3 is 2.40 bits per heavy atom. The summed E-state index contributed by atoms with van der Waals surface area (Å²) in [4.78, 5) is 15.3. The van der Waals surface area contributed by atoms with Gasteiger partial charge in [0.25, 0.3) is 15.9 Å². The quantitative estimate of drug-likeness (QED) is 0.800. The number of hydrogen-bond donors (Lipinski definition) is 1. The molecule has 162 valence electrons. The highest BCUT2D eigenvalue weighted by Crippen LogP contribution is 2.33. The number of benzene rings is 1. The summed E-state index contributed by atoms with van der Waals surface area (Å²) in [6.45, 7) is 4.97. The fourth-order valence-electron chi connectivity index (χ4n) is 4.83. The third-order valence-corrected chi connectivity index (χ3v) is 8.22. The van der Waals surface area contributed by atoms with Crippen LogP contribution in [0.4, 0.5) is 5.69 Å². The van der Waals surface area contributed by atoms with Crippen LogP contribution in [-0.2, 0) is 29.9 Å². The van der Waals surface area contributed by atoms with Gasteiger partial charge in [-0.1, -0.05) is 12.1 Å². The summed E-state index contributed by atoms with van der Waals surface area (Å²) in [5.74, 6) is -0.175. The van der Waals surface area contributed by atoms with Gasteiger partial charge >= 0.3 is 0 Å². The molecule has 1 aromatic carbocycles. The Hall–Kier alpha value is -2.28. The number of anilines is 1. The summed E-state index contributed by atoms with van der Waals surface area (Å²) >= 11 is 0. The van der Waals surface area contributed by atoms with Crippen molar-refractivity contribution < 1.29 is 13.2 Å². The molecule has 0 atom stereocenters. The molecule has 2 heterocycles. The molecule has 0 spiro atoms. The summed E-state index contributed by atoms with van der Waals surface area (Å²) < 4.78 is 31.8. The van der Waals surface area contributed by atoms with Gasteiger partial charge in [-0.15, -0.1) is 0 Å². The fraction of sp³-hybridized carbons (Fsp3) is 0.522. The molecule has 2 aromatic rings. The maximum Gasteiger partial charge on any atom is 0.264 e. The number of amides is 1. The molecule has 6 nitrogen and oxygen atoms in total. The fourth-order valence-corrected chi connectivity index (χ4v) is 6.44. The van der Waals surface area contributed by atoms with E-state index in [-0.39, 0.29) is 10.8 Å². The second-order valence-electron chi connectivity index (χ2n) is 8.54. The monoisotopic (exact) mass is 429 g/mol. The SMILES string of the molecule is Cc1c(C(=O)N2CCCCC2)c(S(=O)(=O)Nc2cccc3c2CCCC3)c(C)n1C. The Kier molecular flexibility index (Phi) is 5.66. The largest absolute Gasteiger partial charge is 0.350 e. The number of fused-ring (bicyclic) bond motifs is 1. The number of likely N-dealkylation sites (tertiary alicyclic amines) is 1. The zero-order valence-corrected chi connectivity index (χ0v) is 18.9. The van der Waals surface area contributed by atoms with Crippen molar-refractivity contribution in [3.8, 4) is 0 Å². The van der Waals surface area contributed by atoms with E-state index >= 15 is 0 Å². The summed E-state index contributed by atoms with van der Waals surface area (Å²) in [5.41, 5.74) is 4.54. The number of hydrogen-bond acceptors (Lipinski definition) is 3. The van der Waals surface area contributed by atoms with Gasteiger partial charge < -0.3 is 9.47 Å². The van der Waals surface area contributed by atoms with E-state index in [1.54, 1.807) is 11.8 Å². The van der Waals surface area contributed by atoms with Crippen LogP contribution in [0.2, 0.25) is 0 Å². The third kappa shape index (κ3) is 3.64. The van der Waals surface area contributed by atoms with E-state index in [1.165, 1.54) is 5.56 Å². The second-order valence-corrected chi connectivity index (χ2v) is 10.2. The Morgan fingerprint density at radius 1 is 0.967 bits per heavy atom. The van der Waals surface area contributed by atoms with Crippen LogP contribution in [0, 0.1) is 13.8 Å². The molecule has 1 aromatic heterocycles. The van der Waals surface area contributed by atoms with E-state index < -0.39 is 10.0 Å². The summed E-state index contributed by atoms with van der Waals surface area (Å²) in [6.07, 6.45) is 7.10. The van der Waals surface area contributed by atoms with Crippen LogP contribution < -0.4 is 4.72 Å². The molecular formula is C23H31N3O3S. The average molecular weight is 430 g/mol. The van der Waals surface area contributed by atoms with Gasteiger partial charge in [0.05, 0.1) is 11.3 Å². The number of piperidine rings is 1. The van der Waals surface area contributed by atoms with Crippen LogP contribution in [0.25, 0.3) is 0 Å². The van der Waals surface area contributed by atoms with Crippen LogP contribution >= 0.6 is 0 Å². The summed E-state index contributed by atoms with van der Waals surface area (Å²) in [5, 5.41) is 0. The maximum absolute atomic E-state index is 13.6. The van der Waals surface area contributed by atoms with Crippen LogP contribution in [0.5, 0.6) is 0 Å². The van der Waals surface area contributed by atoms with Gasteiger partial charge in [0.2, 0.25) is 0 Å². The number of carbonyl (C=O) groups excluding carboxylic acids is 1. The molecule has 1 N–H and O–H groups in total. The van der Waals surface area contributed by atoms with Crippen molar-refractivity contribution in [2.45, 2.75) is 63.7 Å². The maximum atomic E-state index is 13.6. The van der Waals surface area contributed by atoms with Gasteiger partial charge in [-0.3, -0.25) is 9.52 Å². The van der Waals surface area contributed by atoms with E-state index in [4.69, 9.17) is 0 Å². The molecule has 0 bridgehead atoms. The Bertz CT molecular complexity index is 1080. The Labute approximate surface area is 179 Å². The lowest BCUT2D eigenvalue weighted by Crippen LogP contribution is -2.36. The molecule has 0 radical (unpaired) electrons. The lowest BCUT2D eigenvalue weighted by Gasteiger charge is -2.27. The van der Waals surface area contributed by atoms with Gasteiger partial charge in [0.15, 0.2) is 0 Å². The van der Waals surface area contributed by atoms with Crippen molar-refractivity contribution >= 4 is 21.6 Å². The van der Waals surface area contributed by atoms with Crippen molar-refractivity contribution in [3.63, 3.8) is 0 Å². The van der Waals surface area contributed by atoms with Crippen molar-refractivity contribution in [1.29, 1.82) is 0 Å². The molecule has 2 aliphatic rings. The van der Waals surface area contributed by atoms with Crippen molar-refractivity contribution in [2.24, 2.45) is 7.05 Å². The van der Waals surface area contributed by atoms with Crippen LogP contribution in [0.3, 0.4) is 0 Å². The van der Waals surface area contributed by atoms with Crippen molar-refractivity contribution in [3.05, 3.63) is 46.3 Å². The van der Waals surface area contributed by atoms with E-state index in [0.717, 1.165) is 50.5 Å². The van der Waals surface area contributed by atoms with E-state index in [2.05, 4.69) is 10.8 Å². The van der Waals surface area contributed by atoms with Gasteiger partial charge in [-0.25, -0.2) is 8.42 Å². The van der Waals surface area contributed by atoms with Gasteiger partial charge in [-0.05, 0) is 76.0 Å². The van der Waals surface area contributed by atoms with Gasteiger partial charge in [0, 0.05) is 31.5 Å². The number of aryl methyl sites for hydroxylation is 1. The number of nitrogens with zero attached hydrogens (tertiary/aromatic N) is 2. The lowest BCUT2D eigenvalue weighted by atomic mass is 9.91. The first-order valence-electron chi connectivity index (χ1n) is 10.9. The molecular weight excluding hydrogens is 398 g/mol. The number of nitrogens with one attached hydrogen (secondary N) is 1. The van der Waals surface area contributed by atoms with E-state index in [9.17, 15) is 13.2 Å². The number of sulfonamides is 1. The van der Waals surface area contributed by atoms with Crippen molar-refractivity contribution in [1.82, 2.24) is 9.47 Å². The summed E-state index contributed by atoms with van der Waals surface area (Å²) in [7, 11) is -2.09. The van der Waals surface area contributed by atoms with Gasteiger partial charge in [-0.2, -0.15) is 0 Å². The number of aromatic nitrogens is 1. The minimum Gasteiger partial charge on any atom is -0.350 e. The molecule has 1 saturated heterocycles. The first-order chi connectivity index (χ1) is 14.3. The topological polar surface area (TPSA) is 71.4 Å². The van der Waals surface area contributed by atoms with Crippen LogP contribution in [-0.4, -0.2) is 36.9 Å². The normalized spacial score (nSPS) is 17.0. The highest BCUT2D eigenvalue weighted by Gasteiger charge is 2.33. The Morgan fingerprint density at radius 2 is 1.67 bits per heavy atom. The minimum atomic E-state index is -3.91. The molecule has 0 unspecified atom stereocenters. The molecule has 30 heavy (non-hydrogen) atoms. The molecule has 0 saturated carbocycles. The lowest BCUT2D eigenvalue weighted by molar-refractivity contribution is 0.0720. The zero-order valence-electron chi connectivity index (χ0n) is 18.1. The highest BCUT2D eigenvalue weighted by molar-refractivity contribution is 7.92. The Balaban J connectivity index is 1.76. The molecule has 4 rings (SSSR count). The van der Waals surface area contributed by atoms with Gasteiger partial charge in [0.1, 0.15) is 4.90 Å². The first kappa shape index (κ1) is 21.0. The average Bonchev–Trinajstić information content (AvgIpc) is 2.98. The molecule has 1 amide bonds. The predicted octanol–water partition coefficient (Wildman–Crippen LogP) is 3.95. The van der Waals surface area contributed by atoms with E-state index in [0.29, 0.717) is 35.7 Å². The smallest absolute Gasteiger partial charge is 0.264 e. The predicted molar refractivity (Wildman–Crippen MR) is 119 cm³/mol. The summed E-state index contributed by atoms with van der Waals surface area (Å²) in [6, 6.07) is 5.82. The number of rotatable bonds is 4.